The first kappa shape index (κ1) is 18.7. The number of halogens is 3. The zero-order valence-corrected chi connectivity index (χ0v) is 14.9. The van der Waals surface area contributed by atoms with Crippen molar-refractivity contribution < 1.29 is 22.8 Å². The highest BCUT2D eigenvalue weighted by atomic mass is 19.4. The van der Waals surface area contributed by atoms with Crippen LogP contribution in [0.2, 0.25) is 0 Å². The molecule has 0 unspecified atom stereocenters. The number of aromatic nitrogens is 2. The molecule has 1 aromatic heterocycles. The molecule has 148 valence electrons. The van der Waals surface area contributed by atoms with E-state index in [0.717, 1.165) is 17.7 Å². The minimum Gasteiger partial charge on any atom is -0.324 e. The van der Waals surface area contributed by atoms with Gasteiger partial charge < -0.3 is 10.6 Å². The Balaban J connectivity index is 1.63. The van der Waals surface area contributed by atoms with Gasteiger partial charge in [-0.1, -0.05) is 36.4 Å². The number of rotatable bonds is 3. The minimum atomic E-state index is -4.52. The standard InChI is InChI=1S/C20H15F3N4O2/c21-20(22,23)13-7-4-8-14(9-13)25-19(29)16-10-17(28)26-18-15(11-24-27(16)18)12-5-2-1-3-6-12/h1-9,11,16H,10H2,(H,25,29)(H,26,28)/t16-/m1/s1. The molecule has 1 aliphatic heterocycles. The maximum absolute atomic E-state index is 12.9. The number of fused-ring (bicyclic) bond motifs is 1. The average molecular weight is 400 g/mol. The van der Waals surface area contributed by atoms with Crippen LogP contribution in [-0.4, -0.2) is 21.6 Å². The molecule has 9 heteroatoms. The summed E-state index contributed by atoms with van der Waals surface area (Å²) in [5, 5.41) is 9.40. The molecule has 1 aliphatic rings. The molecule has 3 aromatic rings. The molecule has 0 aliphatic carbocycles. The Morgan fingerprint density at radius 1 is 1.14 bits per heavy atom. The van der Waals surface area contributed by atoms with Gasteiger partial charge in [0.15, 0.2) is 0 Å². The van der Waals surface area contributed by atoms with Crippen molar-refractivity contribution in [1.82, 2.24) is 9.78 Å². The Morgan fingerprint density at radius 2 is 1.90 bits per heavy atom. The van der Waals surface area contributed by atoms with Crippen molar-refractivity contribution in [2.24, 2.45) is 0 Å². The number of amides is 2. The third-order valence-corrected chi connectivity index (χ3v) is 4.57. The smallest absolute Gasteiger partial charge is 0.324 e. The van der Waals surface area contributed by atoms with E-state index in [1.807, 2.05) is 30.3 Å². The molecule has 2 amide bonds. The topological polar surface area (TPSA) is 76.0 Å². The number of benzene rings is 2. The van der Waals surface area contributed by atoms with Crippen LogP contribution in [0.4, 0.5) is 24.7 Å². The third kappa shape index (κ3) is 3.71. The second kappa shape index (κ2) is 7.08. The maximum Gasteiger partial charge on any atom is 0.416 e. The highest BCUT2D eigenvalue weighted by Crippen LogP contribution is 2.35. The molecule has 0 saturated carbocycles. The van der Waals surface area contributed by atoms with Gasteiger partial charge in [0.25, 0.3) is 0 Å². The molecular weight excluding hydrogens is 385 g/mol. The van der Waals surface area contributed by atoms with Crippen LogP contribution in [0, 0.1) is 0 Å². The first-order chi connectivity index (χ1) is 13.8. The van der Waals surface area contributed by atoms with Gasteiger partial charge in [0.2, 0.25) is 11.8 Å². The Kier molecular flexibility index (Phi) is 4.57. The van der Waals surface area contributed by atoms with Gasteiger partial charge in [-0.15, -0.1) is 0 Å². The van der Waals surface area contributed by atoms with Crippen LogP contribution in [0.25, 0.3) is 11.1 Å². The van der Waals surface area contributed by atoms with Crippen molar-refractivity contribution in [3.05, 3.63) is 66.4 Å². The molecule has 29 heavy (non-hydrogen) atoms. The van der Waals surface area contributed by atoms with Gasteiger partial charge in [0, 0.05) is 11.3 Å². The number of carbonyl (C=O) groups excluding carboxylic acids is 2. The van der Waals surface area contributed by atoms with Crippen LogP contribution >= 0.6 is 0 Å². The Labute approximate surface area is 163 Å². The molecule has 2 aromatic carbocycles. The lowest BCUT2D eigenvalue weighted by atomic mass is 10.1. The summed E-state index contributed by atoms with van der Waals surface area (Å²) in [5.74, 6) is -0.626. The molecule has 2 heterocycles. The lowest BCUT2D eigenvalue weighted by Crippen LogP contribution is -2.35. The minimum absolute atomic E-state index is 0.00667. The van der Waals surface area contributed by atoms with E-state index in [-0.39, 0.29) is 18.0 Å². The van der Waals surface area contributed by atoms with Gasteiger partial charge in [-0.3, -0.25) is 9.59 Å². The number of hydrogen-bond donors (Lipinski definition) is 2. The maximum atomic E-state index is 12.9. The number of nitrogens with one attached hydrogen (secondary N) is 2. The highest BCUT2D eigenvalue weighted by molar-refractivity contribution is 6.03. The number of anilines is 2. The normalized spacial score (nSPS) is 16.1. The van der Waals surface area contributed by atoms with E-state index in [1.54, 1.807) is 6.20 Å². The van der Waals surface area contributed by atoms with E-state index in [2.05, 4.69) is 15.7 Å². The van der Waals surface area contributed by atoms with E-state index in [1.165, 1.54) is 16.8 Å². The first-order valence-corrected chi connectivity index (χ1v) is 8.74. The fourth-order valence-electron chi connectivity index (χ4n) is 3.20. The van der Waals surface area contributed by atoms with Gasteiger partial charge >= 0.3 is 6.18 Å². The van der Waals surface area contributed by atoms with Crippen molar-refractivity contribution in [3.63, 3.8) is 0 Å². The summed E-state index contributed by atoms with van der Waals surface area (Å²) in [6.07, 6.45) is -3.15. The summed E-state index contributed by atoms with van der Waals surface area (Å²) in [7, 11) is 0. The summed E-state index contributed by atoms with van der Waals surface area (Å²) < 4.78 is 40.1. The second-order valence-electron chi connectivity index (χ2n) is 6.55. The number of alkyl halides is 3. The van der Waals surface area contributed by atoms with Crippen LogP contribution < -0.4 is 10.6 Å². The van der Waals surface area contributed by atoms with E-state index in [9.17, 15) is 22.8 Å². The van der Waals surface area contributed by atoms with Crippen LogP contribution in [0.15, 0.2) is 60.8 Å². The van der Waals surface area contributed by atoms with Gasteiger partial charge in [-0.2, -0.15) is 18.3 Å². The molecule has 6 nitrogen and oxygen atoms in total. The molecule has 4 rings (SSSR count). The number of hydrogen-bond acceptors (Lipinski definition) is 3. The Morgan fingerprint density at radius 3 is 2.62 bits per heavy atom. The lowest BCUT2D eigenvalue weighted by molar-refractivity contribution is -0.137. The molecule has 0 saturated heterocycles. The van der Waals surface area contributed by atoms with E-state index in [0.29, 0.717) is 11.4 Å². The van der Waals surface area contributed by atoms with Gasteiger partial charge in [-0.05, 0) is 23.8 Å². The van der Waals surface area contributed by atoms with Gasteiger partial charge in [0.05, 0.1) is 18.2 Å². The summed E-state index contributed by atoms with van der Waals surface area (Å²) in [5.41, 5.74) is 0.583. The number of carbonyl (C=O) groups is 2. The first-order valence-electron chi connectivity index (χ1n) is 8.74. The van der Waals surface area contributed by atoms with Gasteiger partial charge in [0.1, 0.15) is 11.9 Å². The fraction of sp³-hybridized carbons (Fsp3) is 0.150. The van der Waals surface area contributed by atoms with E-state index >= 15 is 0 Å². The summed E-state index contributed by atoms with van der Waals surface area (Å²) in [4.78, 5) is 24.9. The summed E-state index contributed by atoms with van der Waals surface area (Å²) in [6.45, 7) is 0. The third-order valence-electron chi connectivity index (χ3n) is 4.57. The summed E-state index contributed by atoms with van der Waals surface area (Å²) in [6, 6.07) is 12.6. The second-order valence-corrected chi connectivity index (χ2v) is 6.55. The Hall–Kier alpha value is -3.62. The van der Waals surface area contributed by atoms with Crippen molar-refractivity contribution in [1.29, 1.82) is 0 Å². The van der Waals surface area contributed by atoms with E-state index in [4.69, 9.17) is 0 Å². The van der Waals surface area contributed by atoms with Crippen molar-refractivity contribution in [3.8, 4) is 11.1 Å². The van der Waals surface area contributed by atoms with Crippen molar-refractivity contribution in [2.75, 3.05) is 10.6 Å². The van der Waals surface area contributed by atoms with Crippen LogP contribution in [0.5, 0.6) is 0 Å². The van der Waals surface area contributed by atoms with Crippen LogP contribution in [0.3, 0.4) is 0 Å². The highest BCUT2D eigenvalue weighted by Gasteiger charge is 2.34. The molecule has 1 atom stereocenters. The van der Waals surface area contributed by atoms with E-state index < -0.39 is 23.7 Å². The molecule has 0 bridgehead atoms. The summed E-state index contributed by atoms with van der Waals surface area (Å²) >= 11 is 0. The quantitative estimate of drug-likeness (QED) is 0.695. The number of nitrogens with zero attached hydrogens (tertiary/aromatic N) is 2. The molecule has 0 fully saturated rings. The molecule has 0 spiro atoms. The molecular formula is C20H15F3N4O2. The monoisotopic (exact) mass is 400 g/mol. The molecule has 0 radical (unpaired) electrons. The zero-order chi connectivity index (χ0) is 20.6. The fourth-order valence-corrected chi connectivity index (χ4v) is 3.20. The van der Waals surface area contributed by atoms with Gasteiger partial charge in [-0.25, -0.2) is 4.68 Å². The van der Waals surface area contributed by atoms with Crippen LogP contribution in [0.1, 0.15) is 18.0 Å². The molecule has 2 N–H and O–H groups in total. The Bertz CT molecular complexity index is 1080. The lowest BCUT2D eigenvalue weighted by Gasteiger charge is -2.24. The largest absolute Gasteiger partial charge is 0.416 e. The SMILES string of the molecule is O=C1C[C@H](C(=O)Nc2cccc(C(F)(F)F)c2)n2ncc(-c3ccccc3)c2N1. The van der Waals surface area contributed by atoms with Crippen LogP contribution in [-0.2, 0) is 15.8 Å². The average Bonchev–Trinajstić information content (AvgIpc) is 3.11. The zero-order valence-electron chi connectivity index (χ0n) is 14.9. The predicted octanol–water partition coefficient (Wildman–Crippen LogP) is 4.09. The van der Waals surface area contributed by atoms with Crippen molar-refractivity contribution >= 4 is 23.3 Å². The predicted molar refractivity (Wildman–Crippen MR) is 100 cm³/mol. The van der Waals surface area contributed by atoms with Crippen molar-refractivity contribution in [2.45, 2.75) is 18.6 Å².